The molecule has 0 aliphatic heterocycles. The van der Waals surface area contributed by atoms with Gasteiger partial charge in [0, 0.05) is 5.92 Å². The van der Waals surface area contributed by atoms with Crippen LogP contribution in [-0.4, -0.2) is 24.2 Å². The van der Waals surface area contributed by atoms with Crippen molar-refractivity contribution in [2.24, 2.45) is 0 Å². The fourth-order valence-electron chi connectivity index (χ4n) is 0.447. The molecule has 3 nitrogen and oxygen atoms in total. The highest BCUT2D eigenvalue weighted by atomic mass is 16.4. The lowest BCUT2D eigenvalue weighted by Crippen LogP contribution is -2.14. The fourth-order valence-corrected chi connectivity index (χ4v) is 0.447. The normalized spacial score (nSPS) is 8.10. The quantitative estimate of drug-likeness (QED) is 0.432. The molecule has 0 aliphatic carbocycles. The second-order valence-electron chi connectivity index (χ2n) is 1.78. The van der Waals surface area contributed by atoms with Crippen molar-refractivity contribution in [3.8, 4) is 11.8 Å². The van der Waals surface area contributed by atoms with Crippen LogP contribution in [0.15, 0.2) is 0 Å². The van der Waals surface area contributed by atoms with Crippen LogP contribution < -0.4 is 5.32 Å². The SMILES string of the molecule is CCCNCC#CC(=O)O. The van der Waals surface area contributed by atoms with Crippen LogP contribution >= 0.6 is 0 Å². The molecule has 0 spiro atoms. The zero-order valence-electron chi connectivity index (χ0n) is 5.98. The Labute approximate surface area is 60.4 Å². The van der Waals surface area contributed by atoms with E-state index in [4.69, 9.17) is 5.11 Å². The van der Waals surface area contributed by atoms with Gasteiger partial charge in [0.15, 0.2) is 0 Å². The summed E-state index contributed by atoms with van der Waals surface area (Å²) in [5, 5.41) is 11.0. The highest BCUT2D eigenvalue weighted by molar-refractivity contribution is 5.86. The number of nitrogens with one attached hydrogen (secondary N) is 1. The lowest BCUT2D eigenvalue weighted by Gasteiger charge is -1.92. The Bertz CT molecular complexity index is 155. The van der Waals surface area contributed by atoms with Crippen molar-refractivity contribution in [3.05, 3.63) is 0 Å². The third-order valence-electron chi connectivity index (χ3n) is 0.835. The van der Waals surface area contributed by atoms with Crippen molar-refractivity contribution in [3.63, 3.8) is 0 Å². The first-order valence-corrected chi connectivity index (χ1v) is 3.20. The van der Waals surface area contributed by atoms with Crippen molar-refractivity contribution in [1.82, 2.24) is 5.32 Å². The molecule has 0 aromatic carbocycles. The lowest BCUT2D eigenvalue weighted by atomic mass is 10.4. The van der Waals surface area contributed by atoms with Gasteiger partial charge in [-0.05, 0) is 13.0 Å². The van der Waals surface area contributed by atoms with E-state index in [1.165, 1.54) is 0 Å². The van der Waals surface area contributed by atoms with E-state index in [1.54, 1.807) is 0 Å². The molecule has 0 aromatic rings. The van der Waals surface area contributed by atoms with E-state index in [-0.39, 0.29) is 0 Å². The predicted octanol–water partition coefficient (Wildman–Crippen LogP) is 0.0740. The standard InChI is InChI=1S/C7H11NO2/c1-2-5-8-6-3-4-7(9)10/h8H,2,5-6H2,1H3,(H,9,10). The van der Waals surface area contributed by atoms with Gasteiger partial charge in [-0.1, -0.05) is 12.8 Å². The van der Waals surface area contributed by atoms with E-state index in [1.807, 2.05) is 12.8 Å². The second-order valence-corrected chi connectivity index (χ2v) is 1.78. The van der Waals surface area contributed by atoms with E-state index >= 15 is 0 Å². The molecule has 56 valence electrons. The van der Waals surface area contributed by atoms with Crippen molar-refractivity contribution < 1.29 is 9.90 Å². The molecular formula is C7H11NO2. The molecule has 0 saturated carbocycles. The van der Waals surface area contributed by atoms with E-state index in [0.717, 1.165) is 13.0 Å². The first kappa shape index (κ1) is 8.99. The molecule has 0 rings (SSSR count). The average Bonchev–Trinajstić information content (AvgIpc) is 1.87. The van der Waals surface area contributed by atoms with Gasteiger partial charge in [-0.3, -0.25) is 0 Å². The number of hydrogen-bond donors (Lipinski definition) is 2. The third kappa shape index (κ3) is 6.99. The monoisotopic (exact) mass is 141 g/mol. The molecule has 0 unspecified atom stereocenters. The summed E-state index contributed by atoms with van der Waals surface area (Å²) in [4.78, 5) is 9.83. The minimum atomic E-state index is -1.07. The summed E-state index contributed by atoms with van der Waals surface area (Å²) in [6.45, 7) is 3.38. The van der Waals surface area contributed by atoms with Crippen LogP contribution in [-0.2, 0) is 4.79 Å². The van der Waals surface area contributed by atoms with Gasteiger partial charge in [-0.15, -0.1) is 0 Å². The Morgan fingerprint density at radius 2 is 2.40 bits per heavy atom. The fraction of sp³-hybridized carbons (Fsp3) is 0.571. The van der Waals surface area contributed by atoms with Gasteiger partial charge < -0.3 is 10.4 Å². The smallest absolute Gasteiger partial charge is 0.381 e. The zero-order valence-corrected chi connectivity index (χ0v) is 5.98. The molecule has 10 heavy (non-hydrogen) atoms. The summed E-state index contributed by atoms with van der Waals surface area (Å²) >= 11 is 0. The Hall–Kier alpha value is -1.01. The number of carboxylic acids is 1. The van der Waals surface area contributed by atoms with Crippen LogP contribution in [0.25, 0.3) is 0 Å². The van der Waals surface area contributed by atoms with Crippen molar-refractivity contribution >= 4 is 5.97 Å². The Balaban J connectivity index is 3.20. The molecule has 0 fully saturated rings. The highest BCUT2D eigenvalue weighted by Crippen LogP contribution is 1.67. The summed E-state index contributed by atoms with van der Waals surface area (Å²) in [6.07, 6.45) is 1.04. The second kappa shape index (κ2) is 6.12. The van der Waals surface area contributed by atoms with Gasteiger partial charge in [0.25, 0.3) is 0 Å². The van der Waals surface area contributed by atoms with Crippen molar-refractivity contribution in [2.45, 2.75) is 13.3 Å². The number of carboxylic acid groups (broad SMARTS) is 1. The van der Waals surface area contributed by atoms with E-state index < -0.39 is 5.97 Å². The first-order chi connectivity index (χ1) is 4.77. The van der Waals surface area contributed by atoms with Crippen LogP contribution in [0.4, 0.5) is 0 Å². The Morgan fingerprint density at radius 1 is 1.70 bits per heavy atom. The molecule has 0 saturated heterocycles. The highest BCUT2D eigenvalue weighted by Gasteiger charge is 1.81. The van der Waals surface area contributed by atoms with Gasteiger partial charge in [-0.2, -0.15) is 0 Å². The molecular weight excluding hydrogens is 130 g/mol. The summed E-state index contributed by atoms with van der Waals surface area (Å²) in [7, 11) is 0. The largest absolute Gasteiger partial charge is 0.472 e. The average molecular weight is 141 g/mol. The van der Waals surface area contributed by atoms with Crippen molar-refractivity contribution in [1.29, 1.82) is 0 Å². The van der Waals surface area contributed by atoms with E-state index in [2.05, 4.69) is 11.2 Å². The molecule has 2 N–H and O–H groups in total. The van der Waals surface area contributed by atoms with Crippen LogP contribution in [0.2, 0.25) is 0 Å². The summed E-state index contributed by atoms with van der Waals surface area (Å²) in [5.41, 5.74) is 0. The van der Waals surface area contributed by atoms with Crippen molar-refractivity contribution in [2.75, 3.05) is 13.1 Å². The molecule has 0 amide bonds. The predicted molar refractivity (Wildman–Crippen MR) is 38.6 cm³/mol. The summed E-state index contributed by atoms with van der Waals surface area (Å²) in [6, 6.07) is 0. The molecule has 3 heteroatoms. The Kier molecular flexibility index (Phi) is 5.50. The van der Waals surface area contributed by atoms with Gasteiger partial charge in [-0.25, -0.2) is 4.79 Å². The molecule has 0 radical (unpaired) electrons. The van der Waals surface area contributed by atoms with Crippen LogP contribution in [0, 0.1) is 11.8 Å². The third-order valence-corrected chi connectivity index (χ3v) is 0.835. The Morgan fingerprint density at radius 3 is 2.90 bits per heavy atom. The van der Waals surface area contributed by atoms with Crippen LogP contribution in [0.1, 0.15) is 13.3 Å². The minimum Gasteiger partial charge on any atom is -0.472 e. The molecule has 0 aliphatic rings. The zero-order chi connectivity index (χ0) is 7.82. The van der Waals surface area contributed by atoms with E-state index in [9.17, 15) is 4.79 Å². The summed E-state index contributed by atoms with van der Waals surface area (Å²) < 4.78 is 0. The van der Waals surface area contributed by atoms with E-state index in [0.29, 0.717) is 6.54 Å². The molecule has 0 bridgehead atoms. The lowest BCUT2D eigenvalue weighted by molar-refractivity contribution is -0.130. The molecule has 0 aromatic heterocycles. The van der Waals surface area contributed by atoms with Gasteiger partial charge in [0.1, 0.15) is 0 Å². The summed E-state index contributed by atoms with van der Waals surface area (Å²) in [5.74, 6) is 3.40. The maximum Gasteiger partial charge on any atom is 0.381 e. The first-order valence-electron chi connectivity index (χ1n) is 3.20. The number of hydrogen-bond acceptors (Lipinski definition) is 2. The molecule has 0 atom stereocenters. The van der Waals surface area contributed by atoms with Gasteiger partial charge in [0.05, 0.1) is 6.54 Å². The maximum atomic E-state index is 9.83. The van der Waals surface area contributed by atoms with Crippen LogP contribution in [0.5, 0.6) is 0 Å². The number of carbonyl (C=O) groups is 1. The van der Waals surface area contributed by atoms with Crippen LogP contribution in [0.3, 0.4) is 0 Å². The topological polar surface area (TPSA) is 49.3 Å². The van der Waals surface area contributed by atoms with Gasteiger partial charge in [0.2, 0.25) is 0 Å². The minimum absolute atomic E-state index is 0.458. The number of rotatable bonds is 3. The maximum absolute atomic E-state index is 9.83. The number of aliphatic carboxylic acids is 1. The molecule has 0 heterocycles. The van der Waals surface area contributed by atoms with Gasteiger partial charge >= 0.3 is 5.97 Å².